The fraction of sp³-hybridized carbons (Fsp3) is 0.308. The molecular formula is C13H14N4O5. The maximum Gasteiger partial charge on any atom is 0.433 e. The number of nitrogens with zero attached hydrogens (tertiary/aromatic N) is 4. The summed E-state index contributed by atoms with van der Waals surface area (Å²) in [5.41, 5.74) is 0. The number of likely N-dealkylation sites (N-methyl/N-ethyl adjacent to an activating group) is 1. The molecule has 116 valence electrons. The number of furan rings is 1. The highest BCUT2D eigenvalue weighted by molar-refractivity contribution is 5.72. The normalized spacial score (nSPS) is 10.3. The first-order valence-corrected chi connectivity index (χ1v) is 6.38. The van der Waals surface area contributed by atoms with E-state index in [4.69, 9.17) is 9.15 Å². The molecular weight excluding hydrogens is 292 g/mol. The van der Waals surface area contributed by atoms with Crippen LogP contribution in [0.15, 0.2) is 28.9 Å². The molecule has 0 spiro atoms. The van der Waals surface area contributed by atoms with E-state index in [9.17, 15) is 14.9 Å². The van der Waals surface area contributed by atoms with Gasteiger partial charge in [0.1, 0.15) is 11.5 Å². The molecule has 2 aromatic heterocycles. The van der Waals surface area contributed by atoms with Gasteiger partial charge in [-0.05, 0) is 6.07 Å². The van der Waals surface area contributed by atoms with Crippen LogP contribution in [0.4, 0.5) is 5.88 Å². The Kier molecular flexibility index (Phi) is 4.66. The van der Waals surface area contributed by atoms with Gasteiger partial charge in [-0.1, -0.05) is 0 Å². The van der Waals surface area contributed by atoms with Crippen molar-refractivity contribution >= 4 is 11.8 Å². The Labute approximate surface area is 125 Å². The SMILES string of the molecule is CC(=O)N(C)CCOc1cnc(-c2ccc([N+](=O)[O-])o2)nc1. The fourth-order valence-corrected chi connectivity index (χ4v) is 1.52. The molecule has 0 unspecified atom stereocenters. The number of carbonyl (C=O) groups excluding carboxylic acids is 1. The molecule has 2 heterocycles. The minimum atomic E-state index is -0.632. The minimum Gasteiger partial charge on any atom is -0.489 e. The highest BCUT2D eigenvalue weighted by atomic mass is 16.6. The van der Waals surface area contributed by atoms with Crippen LogP contribution in [0.3, 0.4) is 0 Å². The molecule has 22 heavy (non-hydrogen) atoms. The monoisotopic (exact) mass is 306 g/mol. The molecule has 0 saturated carbocycles. The molecule has 0 fully saturated rings. The van der Waals surface area contributed by atoms with Crippen molar-refractivity contribution in [2.24, 2.45) is 0 Å². The van der Waals surface area contributed by atoms with Crippen molar-refractivity contribution in [3.05, 3.63) is 34.6 Å². The van der Waals surface area contributed by atoms with Crippen molar-refractivity contribution in [1.29, 1.82) is 0 Å². The van der Waals surface area contributed by atoms with E-state index in [1.165, 1.54) is 36.4 Å². The first-order chi connectivity index (χ1) is 10.5. The van der Waals surface area contributed by atoms with Gasteiger partial charge in [-0.15, -0.1) is 0 Å². The van der Waals surface area contributed by atoms with Gasteiger partial charge in [0.2, 0.25) is 5.91 Å². The highest BCUT2D eigenvalue weighted by Crippen LogP contribution is 2.23. The van der Waals surface area contributed by atoms with Gasteiger partial charge in [0.05, 0.1) is 25.0 Å². The second kappa shape index (κ2) is 6.66. The first kappa shape index (κ1) is 15.4. The van der Waals surface area contributed by atoms with Crippen LogP contribution in [0.2, 0.25) is 0 Å². The molecule has 0 atom stereocenters. The van der Waals surface area contributed by atoms with E-state index in [2.05, 4.69) is 9.97 Å². The van der Waals surface area contributed by atoms with Crippen LogP contribution in [0.5, 0.6) is 5.75 Å². The summed E-state index contributed by atoms with van der Waals surface area (Å²) in [4.78, 5) is 30.5. The van der Waals surface area contributed by atoms with Gasteiger partial charge < -0.3 is 14.1 Å². The third kappa shape index (κ3) is 3.78. The summed E-state index contributed by atoms with van der Waals surface area (Å²) >= 11 is 0. The van der Waals surface area contributed by atoms with Gasteiger partial charge in [-0.2, -0.15) is 0 Å². The molecule has 0 aliphatic rings. The van der Waals surface area contributed by atoms with Crippen molar-refractivity contribution < 1.29 is 18.9 Å². The molecule has 1 amide bonds. The predicted molar refractivity (Wildman–Crippen MR) is 75.2 cm³/mol. The smallest absolute Gasteiger partial charge is 0.433 e. The number of amides is 1. The number of aromatic nitrogens is 2. The van der Waals surface area contributed by atoms with E-state index in [0.717, 1.165) is 0 Å². The molecule has 2 rings (SSSR count). The van der Waals surface area contributed by atoms with E-state index in [1.807, 2.05) is 0 Å². The van der Waals surface area contributed by atoms with Gasteiger partial charge in [0.25, 0.3) is 0 Å². The van der Waals surface area contributed by atoms with E-state index < -0.39 is 4.92 Å². The van der Waals surface area contributed by atoms with Crippen LogP contribution in [-0.2, 0) is 4.79 Å². The van der Waals surface area contributed by atoms with E-state index >= 15 is 0 Å². The summed E-state index contributed by atoms with van der Waals surface area (Å²) in [6.07, 6.45) is 2.87. The molecule has 0 aromatic carbocycles. The molecule has 0 bridgehead atoms. The number of hydrogen-bond donors (Lipinski definition) is 0. The van der Waals surface area contributed by atoms with Crippen molar-refractivity contribution in [3.8, 4) is 17.3 Å². The van der Waals surface area contributed by atoms with Crippen molar-refractivity contribution in [2.75, 3.05) is 20.2 Å². The maximum absolute atomic E-state index is 11.0. The number of ether oxygens (including phenoxy) is 1. The largest absolute Gasteiger partial charge is 0.489 e. The number of rotatable bonds is 6. The quantitative estimate of drug-likeness (QED) is 0.587. The maximum atomic E-state index is 11.0. The summed E-state index contributed by atoms with van der Waals surface area (Å²) in [5.74, 6) is 0.443. The Morgan fingerprint density at radius 1 is 1.41 bits per heavy atom. The second-order valence-corrected chi connectivity index (χ2v) is 4.43. The minimum absolute atomic E-state index is 0.0467. The molecule has 9 nitrogen and oxygen atoms in total. The van der Waals surface area contributed by atoms with Gasteiger partial charge in [-0.3, -0.25) is 14.9 Å². The molecule has 0 aliphatic carbocycles. The zero-order valence-corrected chi connectivity index (χ0v) is 12.1. The molecule has 9 heteroatoms. The molecule has 2 aromatic rings. The van der Waals surface area contributed by atoms with Crippen LogP contribution < -0.4 is 4.74 Å². The van der Waals surface area contributed by atoms with Crippen molar-refractivity contribution in [3.63, 3.8) is 0 Å². The molecule has 0 radical (unpaired) electrons. The van der Waals surface area contributed by atoms with Gasteiger partial charge in [0.15, 0.2) is 17.3 Å². The average Bonchev–Trinajstić information content (AvgIpc) is 2.98. The second-order valence-electron chi connectivity index (χ2n) is 4.43. The standard InChI is InChI=1S/C13H14N4O5/c1-9(18)16(2)5-6-21-10-7-14-13(15-8-10)11-3-4-12(22-11)17(19)20/h3-4,7-8H,5-6H2,1-2H3. The lowest BCUT2D eigenvalue weighted by molar-refractivity contribution is -0.401. The van der Waals surface area contributed by atoms with Crippen LogP contribution in [0.25, 0.3) is 11.6 Å². The van der Waals surface area contributed by atoms with E-state index in [-0.39, 0.29) is 23.4 Å². The van der Waals surface area contributed by atoms with Crippen molar-refractivity contribution in [1.82, 2.24) is 14.9 Å². The van der Waals surface area contributed by atoms with E-state index in [0.29, 0.717) is 18.9 Å². The lowest BCUT2D eigenvalue weighted by atomic mass is 10.4. The Balaban J connectivity index is 1.95. The number of nitro groups is 1. The highest BCUT2D eigenvalue weighted by Gasteiger charge is 2.14. The van der Waals surface area contributed by atoms with Crippen LogP contribution in [-0.4, -0.2) is 45.9 Å². The average molecular weight is 306 g/mol. The Morgan fingerprint density at radius 3 is 2.64 bits per heavy atom. The van der Waals surface area contributed by atoms with E-state index in [1.54, 1.807) is 7.05 Å². The fourth-order valence-electron chi connectivity index (χ4n) is 1.52. The summed E-state index contributed by atoms with van der Waals surface area (Å²) in [6.45, 7) is 2.23. The lowest BCUT2D eigenvalue weighted by Gasteiger charge is -2.14. The van der Waals surface area contributed by atoms with Crippen LogP contribution >= 0.6 is 0 Å². The number of carbonyl (C=O) groups is 1. The topological polar surface area (TPSA) is 112 Å². The zero-order valence-electron chi connectivity index (χ0n) is 12.1. The third-order valence-electron chi connectivity index (χ3n) is 2.85. The van der Waals surface area contributed by atoms with Gasteiger partial charge in [0, 0.05) is 14.0 Å². The summed E-state index contributed by atoms with van der Waals surface area (Å²) in [5, 5.41) is 10.5. The summed E-state index contributed by atoms with van der Waals surface area (Å²) < 4.78 is 10.4. The number of hydrogen-bond acceptors (Lipinski definition) is 7. The van der Waals surface area contributed by atoms with Gasteiger partial charge in [-0.25, -0.2) is 9.97 Å². The predicted octanol–water partition coefficient (Wildman–Crippen LogP) is 1.50. The molecule has 0 aliphatic heterocycles. The van der Waals surface area contributed by atoms with Gasteiger partial charge >= 0.3 is 5.88 Å². The Bertz CT molecular complexity index is 667. The van der Waals surface area contributed by atoms with Crippen molar-refractivity contribution in [2.45, 2.75) is 6.92 Å². The summed E-state index contributed by atoms with van der Waals surface area (Å²) in [7, 11) is 1.68. The summed E-state index contributed by atoms with van der Waals surface area (Å²) in [6, 6.07) is 2.66. The zero-order chi connectivity index (χ0) is 16.1. The first-order valence-electron chi connectivity index (χ1n) is 6.38. The van der Waals surface area contributed by atoms with Crippen LogP contribution in [0, 0.1) is 10.1 Å². The Morgan fingerprint density at radius 2 is 2.09 bits per heavy atom. The Hall–Kier alpha value is -2.97. The molecule has 0 N–H and O–H groups in total. The molecule has 0 saturated heterocycles. The third-order valence-corrected chi connectivity index (χ3v) is 2.85. The van der Waals surface area contributed by atoms with Crippen LogP contribution in [0.1, 0.15) is 6.92 Å². The lowest BCUT2D eigenvalue weighted by Crippen LogP contribution is -2.28.